The van der Waals surface area contributed by atoms with Crippen LogP contribution in [0.4, 0.5) is 10.6 Å². The molecular formula is C16H26N4O2. The first-order chi connectivity index (χ1) is 10.3. The number of rotatable bonds is 3. The number of ether oxygens (including phenoxy) is 1. The highest BCUT2D eigenvalue weighted by Crippen LogP contribution is 2.21. The summed E-state index contributed by atoms with van der Waals surface area (Å²) in [6.07, 6.45) is 5.41. The number of alkyl carbamates (subject to hydrolysis) is 1. The van der Waals surface area contributed by atoms with Gasteiger partial charge < -0.3 is 15.0 Å². The Labute approximate surface area is 132 Å². The van der Waals surface area contributed by atoms with Gasteiger partial charge in [-0.1, -0.05) is 0 Å². The number of piperidine rings is 1. The molecule has 1 aromatic rings. The molecule has 1 aromatic heterocycles. The Morgan fingerprint density at radius 1 is 1.45 bits per heavy atom. The van der Waals surface area contributed by atoms with Crippen LogP contribution in [0.25, 0.3) is 0 Å². The molecular weight excluding hydrogens is 280 g/mol. The van der Waals surface area contributed by atoms with Crippen molar-refractivity contribution in [2.75, 3.05) is 24.5 Å². The number of amides is 1. The van der Waals surface area contributed by atoms with Crippen LogP contribution in [0.5, 0.6) is 0 Å². The van der Waals surface area contributed by atoms with Crippen molar-refractivity contribution in [3.63, 3.8) is 0 Å². The zero-order valence-corrected chi connectivity index (χ0v) is 13.9. The summed E-state index contributed by atoms with van der Waals surface area (Å²) in [6, 6.07) is 0. The number of aromatic nitrogens is 2. The van der Waals surface area contributed by atoms with Crippen molar-refractivity contribution in [3.8, 4) is 0 Å². The average Bonchev–Trinajstić information content (AvgIpc) is 2.44. The lowest BCUT2D eigenvalue weighted by Gasteiger charge is -2.33. The van der Waals surface area contributed by atoms with Gasteiger partial charge in [0, 0.05) is 25.8 Å². The molecule has 22 heavy (non-hydrogen) atoms. The molecule has 1 atom stereocenters. The third-order valence-corrected chi connectivity index (χ3v) is 3.52. The first kappa shape index (κ1) is 16.5. The number of carbonyl (C=O) groups excluding carboxylic acids is 1. The number of hydrogen-bond acceptors (Lipinski definition) is 5. The number of aryl methyl sites for hydroxylation is 1. The SMILES string of the molecule is Cc1cncc(N2CCCC(CNC(=O)OC(C)(C)C)C2)n1. The summed E-state index contributed by atoms with van der Waals surface area (Å²) >= 11 is 0. The van der Waals surface area contributed by atoms with Gasteiger partial charge in [-0.15, -0.1) is 0 Å². The fraction of sp³-hybridized carbons (Fsp3) is 0.688. The molecule has 2 rings (SSSR count). The summed E-state index contributed by atoms with van der Waals surface area (Å²) in [6.45, 7) is 10.0. The lowest BCUT2D eigenvalue weighted by molar-refractivity contribution is 0.0517. The van der Waals surface area contributed by atoms with E-state index in [2.05, 4.69) is 20.2 Å². The zero-order chi connectivity index (χ0) is 16.2. The van der Waals surface area contributed by atoms with Crippen LogP contribution in [0, 0.1) is 12.8 Å². The van der Waals surface area contributed by atoms with Crippen molar-refractivity contribution >= 4 is 11.9 Å². The number of anilines is 1. The van der Waals surface area contributed by atoms with Crippen LogP contribution >= 0.6 is 0 Å². The highest BCUT2D eigenvalue weighted by atomic mass is 16.6. The maximum Gasteiger partial charge on any atom is 0.407 e. The van der Waals surface area contributed by atoms with Crippen molar-refractivity contribution in [1.82, 2.24) is 15.3 Å². The lowest BCUT2D eigenvalue weighted by atomic mass is 9.98. The fourth-order valence-corrected chi connectivity index (χ4v) is 2.58. The van der Waals surface area contributed by atoms with Gasteiger partial charge in [-0.05, 0) is 46.5 Å². The Hall–Kier alpha value is -1.85. The minimum absolute atomic E-state index is 0.347. The molecule has 1 fully saturated rings. The normalized spacial score (nSPS) is 18.9. The molecule has 122 valence electrons. The number of carbonyl (C=O) groups is 1. The Kier molecular flexibility index (Phi) is 5.21. The number of nitrogens with zero attached hydrogens (tertiary/aromatic N) is 3. The van der Waals surface area contributed by atoms with E-state index < -0.39 is 5.60 Å². The number of nitrogens with one attached hydrogen (secondary N) is 1. The molecule has 1 aliphatic rings. The van der Waals surface area contributed by atoms with Gasteiger partial charge in [-0.3, -0.25) is 4.98 Å². The van der Waals surface area contributed by atoms with E-state index in [4.69, 9.17) is 4.74 Å². The molecule has 0 saturated carbocycles. The van der Waals surface area contributed by atoms with Crippen LogP contribution in [0.15, 0.2) is 12.4 Å². The second-order valence-electron chi connectivity index (χ2n) is 6.86. The van der Waals surface area contributed by atoms with Crippen molar-refractivity contribution in [2.24, 2.45) is 5.92 Å². The molecule has 0 aliphatic carbocycles. The summed E-state index contributed by atoms with van der Waals surface area (Å²) < 4.78 is 5.27. The quantitative estimate of drug-likeness (QED) is 0.929. The summed E-state index contributed by atoms with van der Waals surface area (Å²) in [5, 5.41) is 2.87. The molecule has 1 N–H and O–H groups in total. The van der Waals surface area contributed by atoms with Gasteiger partial charge in [0.15, 0.2) is 0 Å². The molecule has 1 unspecified atom stereocenters. The van der Waals surface area contributed by atoms with Crippen LogP contribution in [-0.4, -0.2) is 41.3 Å². The second kappa shape index (κ2) is 6.94. The highest BCUT2D eigenvalue weighted by Gasteiger charge is 2.23. The van der Waals surface area contributed by atoms with Crippen molar-refractivity contribution < 1.29 is 9.53 Å². The summed E-state index contributed by atoms with van der Waals surface area (Å²) in [5.41, 5.74) is 0.464. The first-order valence-corrected chi connectivity index (χ1v) is 7.84. The predicted molar refractivity (Wildman–Crippen MR) is 85.9 cm³/mol. The van der Waals surface area contributed by atoms with Gasteiger partial charge in [-0.2, -0.15) is 0 Å². The van der Waals surface area contributed by atoms with Gasteiger partial charge in [0.05, 0.1) is 11.9 Å². The van der Waals surface area contributed by atoms with Crippen molar-refractivity contribution in [2.45, 2.75) is 46.1 Å². The third kappa shape index (κ3) is 5.16. The molecule has 0 radical (unpaired) electrons. The molecule has 2 heterocycles. The Bertz CT molecular complexity index is 513. The largest absolute Gasteiger partial charge is 0.444 e. The van der Waals surface area contributed by atoms with Crippen LogP contribution in [-0.2, 0) is 4.74 Å². The first-order valence-electron chi connectivity index (χ1n) is 7.84. The molecule has 0 spiro atoms. The average molecular weight is 306 g/mol. The van der Waals surface area contributed by atoms with Gasteiger partial charge in [0.2, 0.25) is 0 Å². The maximum absolute atomic E-state index is 11.7. The smallest absolute Gasteiger partial charge is 0.407 e. The minimum atomic E-state index is -0.458. The van der Waals surface area contributed by atoms with E-state index in [0.717, 1.165) is 37.4 Å². The fourth-order valence-electron chi connectivity index (χ4n) is 2.58. The Morgan fingerprint density at radius 2 is 2.23 bits per heavy atom. The van der Waals surface area contributed by atoms with Crippen LogP contribution in [0.2, 0.25) is 0 Å². The van der Waals surface area contributed by atoms with Crippen LogP contribution < -0.4 is 10.2 Å². The van der Waals surface area contributed by atoms with E-state index in [1.54, 1.807) is 12.4 Å². The van der Waals surface area contributed by atoms with E-state index in [0.29, 0.717) is 12.5 Å². The standard InChI is InChI=1S/C16H26N4O2/c1-12-8-17-10-14(19-12)20-7-5-6-13(11-20)9-18-15(21)22-16(2,3)4/h8,10,13H,5-7,9,11H2,1-4H3,(H,18,21). The summed E-state index contributed by atoms with van der Waals surface area (Å²) in [7, 11) is 0. The molecule has 1 amide bonds. The minimum Gasteiger partial charge on any atom is -0.444 e. The molecule has 1 saturated heterocycles. The van der Waals surface area contributed by atoms with E-state index in [1.165, 1.54) is 0 Å². The number of hydrogen-bond donors (Lipinski definition) is 1. The van der Waals surface area contributed by atoms with E-state index >= 15 is 0 Å². The van der Waals surface area contributed by atoms with Gasteiger partial charge >= 0.3 is 6.09 Å². The predicted octanol–water partition coefficient (Wildman–Crippen LogP) is 2.53. The molecule has 6 heteroatoms. The van der Waals surface area contributed by atoms with Gasteiger partial charge in [0.1, 0.15) is 11.4 Å². The van der Waals surface area contributed by atoms with E-state index in [9.17, 15) is 4.79 Å². The summed E-state index contributed by atoms with van der Waals surface area (Å²) in [4.78, 5) is 22.7. The van der Waals surface area contributed by atoms with E-state index in [1.807, 2.05) is 27.7 Å². The summed E-state index contributed by atoms with van der Waals surface area (Å²) in [5.74, 6) is 1.32. The van der Waals surface area contributed by atoms with Crippen molar-refractivity contribution in [3.05, 3.63) is 18.1 Å². The maximum atomic E-state index is 11.7. The second-order valence-corrected chi connectivity index (χ2v) is 6.86. The highest BCUT2D eigenvalue weighted by molar-refractivity contribution is 5.67. The Morgan fingerprint density at radius 3 is 2.91 bits per heavy atom. The van der Waals surface area contributed by atoms with Gasteiger partial charge in [0.25, 0.3) is 0 Å². The Balaban J connectivity index is 1.85. The van der Waals surface area contributed by atoms with Crippen LogP contribution in [0.1, 0.15) is 39.3 Å². The lowest BCUT2D eigenvalue weighted by Crippen LogP contribution is -2.42. The van der Waals surface area contributed by atoms with Gasteiger partial charge in [-0.25, -0.2) is 9.78 Å². The molecule has 6 nitrogen and oxygen atoms in total. The zero-order valence-electron chi connectivity index (χ0n) is 13.9. The van der Waals surface area contributed by atoms with Crippen molar-refractivity contribution in [1.29, 1.82) is 0 Å². The third-order valence-electron chi connectivity index (χ3n) is 3.52. The molecule has 0 bridgehead atoms. The van der Waals surface area contributed by atoms with E-state index in [-0.39, 0.29) is 6.09 Å². The monoisotopic (exact) mass is 306 g/mol. The molecule has 1 aliphatic heterocycles. The molecule has 0 aromatic carbocycles. The van der Waals surface area contributed by atoms with Crippen LogP contribution in [0.3, 0.4) is 0 Å². The topological polar surface area (TPSA) is 67.4 Å².